The number of hydrogen-bond acceptors (Lipinski definition) is 5. The fourth-order valence-electron chi connectivity index (χ4n) is 4.39. The van der Waals surface area contributed by atoms with E-state index in [-0.39, 0.29) is 0 Å². The highest BCUT2D eigenvalue weighted by atomic mass is 32.2. The summed E-state index contributed by atoms with van der Waals surface area (Å²) < 4.78 is 2.38. The number of guanidine groups is 1. The number of aliphatic imine (C=N–C) groups is 1. The van der Waals surface area contributed by atoms with Crippen molar-refractivity contribution in [3.63, 3.8) is 0 Å². The topological polar surface area (TPSA) is 84.4 Å². The zero-order chi connectivity index (χ0) is 19.1. The zero-order valence-corrected chi connectivity index (χ0v) is 17.7. The largest absolute Gasteiger partial charge is 0.370 e. The lowest BCUT2D eigenvalue weighted by Gasteiger charge is -2.21. The van der Waals surface area contributed by atoms with E-state index in [9.17, 15) is 0 Å². The van der Waals surface area contributed by atoms with Crippen LogP contribution in [0.2, 0.25) is 0 Å². The van der Waals surface area contributed by atoms with Crippen LogP contribution in [0, 0.1) is 0 Å². The maximum Gasteiger partial charge on any atom is 0.191 e. The number of aryl methyl sites for hydroxylation is 1. The first kappa shape index (κ1) is 20.5. The maximum absolute atomic E-state index is 6.06. The third-order valence-corrected chi connectivity index (χ3v) is 6.51. The molecule has 3 N–H and O–H groups in total. The van der Waals surface area contributed by atoms with E-state index < -0.39 is 0 Å². The van der Waals surface area contributed by atoms with Crippen LogP contribution in [-0.4, -0.2) is 64.1 Å². The molecule has 0 aromatic carbocycles. The number of thioether (sulfide) groups is 1. The molecule has 1 aliphatic carbocycles. The Balaban J connectivity index is 1.43. The van der Waals surface area contributed by atoms with E-state index in [2.05, 4.69) is 43.2 Å². The van der Waals surface area contributed by atoms with Gasteiger partial charge in [0.15, 0.2) is 11.1 Å². The summed E-state index contributed by atoms with van der Waals surface area (Å²) in [7, 11) is 0. The Kier molecular flexibility index (Phi) is 7.81. The first-order valence-electron chi connectivity index (χ1n) is 10.5. The molecule has 2 fully saturated rings. The van der Waals surface area contributed by atoms with Gasteiger partial charge < -0.3 is 15.6 Å². The SMILES string of the molecule is CCN1CCCC1CN=C(N)NCCCc1nnc(SC)n1C1CCCC1. The van der Waals surface area contributed by atoms with Crippen molar-refractivity contribution in [3.8, 4) is 0 Å². The fourth-order valence-corrected chi connectivity index (χ4v) is 4.96. The number of hydrogen-bond donors (Lipinski definition) is 2. The standard InChI is InChI=1S/C19H35N7S/c1-3-25-13-7-10-16(25)14-22-18(20)21-12-6-11-17-23-24-19(27-2)26(17)15-8-4-5-9-15/h15-16H,3-14H2,1-2H3,(H3,20,21,22). The van der Waals surface area contributed by atoms with Gasteiger partial charge in [-0.2, -0.15) is 0 Å². The van der Waals surface area contributed by atoms with Gasteiger partial charge in [0, 0.05) is 25.0 Å². The van der Waals surface area contributed by atoms with E-state index in [4.69, 9.17) is 5.73 Å². The quantitative estimate of drug-likeness (QED) is 0.290. The number of nitrogens with zero attached hydrogens (tertiary/aromatic N) is 5. The molecule has 152 valence electrons. The first-order chi connectivity index (χ1) is 13.2. The number of aromatic nitrogens is 3. The normalized spacial score (nSPS) is 22.0. The Labute approximate surface area is 167 Å². The van der Waals surface area contributed by atoms with Gasteiger partial charge in [-0.1, -0.05) is 31.5 Å². The lowest BCUT2D eigenvalue weighted by Crippen LogP contribution is -2.36. The van der Waals surface area contributed by atoms with Crippen molar-refractivity contribution in [2.45, 2.75) is 75.5 Å². The van der Waals surface area contributed by atoms with E-state index in [0.29, 0.717) is 18.0 Å². The van der Waals surface area contributed by atoms with Crippen LogP contribution in [0.4, 0.5) is 0 Å². The minimum Gasteiger partial charge on any atom is -0.370 e. The van der Waals surface area contributed by atoms with Crippen LogP contribution in [0.1, 0.15) is 63.7 Å². The molecule has 1 unspecified atom stereocenters. The summed E-state index contributed by atoms with van der Waals surface area (Å²) in [6.45, 7) is 6.15. The monoisotopic (exact) mass is 393 g/mol. The number of likely N-dealkylation sites (tertiary alicyclic amines) is 1. The molecule has 2 heterocycles. The van der Waals surface area contributed by atoms with Crippen LogP contribution in [-0.2, 0) is 6.42 Å². The average molecular weight is 394 g/mol. The Bertz CT molecular complexity index is 609. The smallest absolute Gasteiger partial charge is 0.191 e. The maximum atomic E-state index is 6.06. The molecule has 2 aliphatic rings. The van der Waals surface area contributed by atoms with E-state index in [1.54, 1.807) is 11.8 Å². The van der Waals surface area contributed by atoms with Gasteiger partial charge in [-0.25, -0.2) is 0 Å². The van der Waals surface area contributed by atoms with E-state index in [0.717, 1.165) is 43.5 Å². The highest BCUT2D eigenvalue weighted by molar-refractivity contribution is 7.98. The van der Waals surface area contributed by atoms with Gasteiger partial charge in [0.1, 0.15) is 5.82 Å². The van der Waals surface area contributed by atoms with Gasteiger partial charge in [-0.3, -0.25) is 9.89 Å². The lowest BCUT2D eigenvalue weighted by molar-refractivity contribution is 0.273. The predicted octanol–water partition coefficient (Wildman–Crippen LogP) is 2.44. The molecule has 0 radical (unpaired) electrons. The number of likely N-dealkylation sites (N-methyl/N-ethyl adjacent to an activating group) is 1. The lowest BCUT2D eigenvalue weighted by atomic mass is 10.2. The van der Waals surface area contributed by atoms with Gasteiger partial charge in [0.2, 0.25) is 0 Å². The van der Waals surface area contributed by atoms with Crippen molar-refractivity contribution in [1.29, 1.82) is 0 Å². The van der Waals surface area contributed by atoms with Crippen LogP contribution in [0.3, 0.4) is 0 Å². The molecule has 1 aromatic heterocycles. The van der Waals surface area contributed by atoms with Crippen LogP contribution in [0.15, 0.2) is 10.1 Å². The summed E-state index contributed by atoms with van der Waals surface area (Å²) in [6.07, 6.45) is 11.7. The third-order valence-electron chi connectivity index (χ3n) is 5.87. The number of rotatable bonds is 9. The summed E-state index contributed by atoms with van der Waals surface area (Å²) >= 11 is 1.70. The van der Waals surface area contributed by atoms with Crippen molar-refractivity contribution >= 4 is 17.7 Å². The molecule has 3 rings (SSSR count). The van der Waals surface area contributed by atoms with E-state index in [1.165, 1.54) is 45.1 Å². The molecule has 0 spiro atoms. The second-order valence-electron chi connectivity index (χ2n) is 7.59. The van der Waals surface area contributed by atoms with Crippen molar-refractivity contribution in [3.05, 3.63) is 5.82 Å². The summed E-state index contributed by atoms with van der Waals surface area (Å²) in [5.41, 5.74) is 6.06. The molecule has 0 amide bonds. The summed E-state index contributed by atoms with van der Waals surface area (Å²) in [6, 6.07) is 1.15. The molecule has 1 aliphatic heterocycles. The van der Waals surface area contributed by atoms with Crippen LogP contribution < -0.4 is 11.1 Å². The van der Waals surface area contributed by atoms with Crippen molar-refractivity contribution in [2.24, 2.45) is 10.7 Å². The first-order valence-corrected chi connectivity index (χ1v) is 11.7. The van der Waals surface area contributed by atoms with Gasteiger partial charge >= 0.3 is 0 Å². The van der Waals surface area contributed by atoms with Gasteiger partial charge in [0.05, 0.1) is 6.54 Å². The van der Waals surface area contributed by atoms with Gasteiger partial charge in [-0.15, -0.1) is 10.2 Å². The van der Waals surface area contributed by atoms with E-state index >= 15 is 0 Å². The highest BCUT2D eigenvalue weighted by Gasteiger charge is 2.24. The zero-order valence-electron chi connectivity index (χ0n) is 16.9. The summed E-state index contributed by atoms with van der Waals surface area (Å²) in [5.74, 6) is 1.69. The number of nitrogens with two attached hydrogens (primary N) is 1. The molecule has 0 bridgehead atoms. The molecule has 1 saturated carbocycles. The Morgan fingerprint density at radius 1 is 1.26 bits per heavy atom. The summed E-state index contributed by atoms with van der Waals surface area (Å²) in [5, 5.41) is 13.2. The fraction of sp³-hybridized carbons (Fsp3) is 0.842. The van der Waals surface area contributed by atoms with Gasteiger partial charge in [0.25, 0.3) is 0 Å². The van der Waals surface area contributed by atoms with E-state index in [1.807, 2.05) is 0 Å². The molecule has 8 heteroatoms. The molecule has 1 aromatic rings. The van der Waals surface area contributed by atoms with Crippen molar-refractivity contribution < 1.29 is 0 Å². The molecule has 7 nitrogen and oxygen atoms in total. The minimum absolute atomic E-state index is 0.560. The van der Waals surface area contributed by atoms with Crippen LogP contribution in [0.25, 0.3) is 0 Å². The molecular weight excluding hydrogens is 358 g/mol. The Morgan fingerprint density at radius 2 is 2.07 bits per heavy atom. The molecule has 27 heavy (non-hydrogen) atoms. The summed E-state index contributed by atoms with van der Waals surface area (Å²) in [4.78, 5) is 7.05. The molecule has 1 atom stereocenters. The minimum atomic E-state index is 0.560. The second kappa shape index (κ2) is 10.3. The molecular formula is C19H35N7S. The van der Waals surface area contributed by atoms with Crippen LogP contribution in [0.5, 0.6) is 0 Å². The number of nitrogens with one attached hydrogen (secondary N) is 1. The Morgan fingerprint density at radius 3 is 2.81 bits per heavy atom. The Hall–Kier alpha value is -1.28. The van der Waals surface area contributed by atoms with Crippen LogP contribution >= 0.6 is 11.8 Å². The van der Waals surface area contributed by atoms with Gasteiger partial charge in [-0.05, 0) is 51.4 Å². The third kappa shape index (κ3) is 5.38. The molecule has 1 saturated heterocycles. The predicted molar refractivity (Wildman–Crippen MR) is 112 cm³/mol. The van der Waals surface area contributed by atoms with Crippen molar-refractivity contribution in [1.82, 2.24) is 25.0 Å². The highest BCUT2D eigenvalue weighted by Crippen LogP contribution is 2.33. The second-order valence-corrected chi connectivity index (χ2v) is 8.37. The van der Waals surface area contributed by atoms with Crippen molar-refractivity contribution in [2.75, 3.05) is 32.4 Å². The average Bonchev–Trinajstić information content (AvgIpc) is 3.43.